The van der Waals surface area contributed by atoms with Gasteiger partial charge in [0, 0.05) is 45.3 Å². The summed E-state index contributed by atoms with van der Waals surface area (Å²) in [6.07, 6.45) is 2.19. The van der Waals surface area contributed by atoms with Crippen molar-refractivity contribution in [1.82, 2.24) is 20.9 Å². The molecule has 1 saturated heterocycles. The molecule has 0 spiro atoms. The highest BCUT2D eigenvalue weighted by Gasteiger charge is 2.45. The maximum atomic E-state index is 11.9. The zero-order valence-electron chi connectivity index (χ0n) is 12.7. The Labute approximate surface area is 125 Å². The minimum atomic E-state index is -0.837. The Bertz CT molecular complexity index is 384. The average molecular weight is 298 g/mol. The van der Waals surface area contributed by atoms with Gasteiger partial charge in [0.15, 0.2) is 0 Å². The molecule has 1 aliphatic carbocycles. The molecule has 2 rings (SSSR count). The van der Waals surface area contributed by atoms with E-state index in [9.17, 15) is 14.7 Å². The first-order chi connectivity index (χ1) is 10.0. The standard InChI is InChI=1S/C14H26N4O3/c1-14(12(19)20)4-2-3-11(14)17-13(21)16-7-10-18-8-5-15-6-9-18/h11,15H,2-10H2,1H3,(H,19,20)(H2,16,17,21). The van der Waals surface area contributed by atoms with Crippen LogP contribution in [0.4, 0.5) is 4.79 Å². The second-order valence-corrected chi connectivity index (χ2v) is 6.16. The topological polar surface area (TPSA) is 93.7 Å². The number of carboxylic acid groups (broad SMARTS) is 1. The van der Waals surface area contributed by atoms with Crippen molar-refractivity contribution in [2.45, 2.75) is 32.2 Å². The Kier molecular flexibility index (Phi) is 5.41. The van der Waals surface area contributed by atoms with Gasteiger partial charge >= 0.3 is 12.0 Å². The van der Waals surface area contributed by atoms with Gasteiger partial charge < -0.3 is 21.1 Å². The van der Waals surface area contributed by atoms with Crippen molar-refractivity contribution < 1.29 is 14.7 Å². The molecule has 1 saturated carbocycles. The van der Waals surface area contributed by atoms with Crippen molar-refractivity contribution in [2.24, 2.45) is 5.41 Å². The summed E-state index contributed by atoms with van der Waals surface area (Å²) in [5.74, 6) is -0.828. The molecule has 7 heteroatoms. The van der Waals surface area contributed by atoms with Crippen molar-refractivity contribution in [1.29, 1.82) is 0 Å². The van der Waals surface area contributed by atoms with Crippen LogP contribution in [0.5, 0.6) is 0 Å². The highest BCUT2D eigenvalue weighted by atomic mass is 16.4. The van der Waals surface area contributed by atoms with Crippen LogP contribution < -0.4 is 16.0 Å². The molecule has 2 fully saturated rings. The van der Waals surface area contributed by atoms with Gasteiger partial charge in [-0.25, -0.2) is 4.79 Å². The van der Waals surface area contributed by atoms with E-state index >= 15 is 0 Å². The summed E-state index contributed by atoms with van der Waals surface area (Å²) in [5.41, 5.74) is -0.837. The summed E-state index contributed by atoms with van der Waals surface area (Å²) in [6.45, 7) is 7.12. The van der Waals surface area contributed by atoms with Gasteiger partial charge in [-0.2, -0.15) is 0 Å². The molecule has 120 valence electrons. The fraction of sp³-hybridized carbons (Fsp3) is 0.857. The van der Waals surface area contributed by atoms with Crippen LogP contribution in [0.3, 0.4) is 0 Å². The molecular weight excluding hydrogens is 272 g/mol. The highest BCUT2D eigenvalue weighted by molar-refractivity contribution is 5.79. The zero-order valence-corrected chi connectivity index (χ0v) is 12.7. The molecule has 2 aliphatic rings. The lowest BCUT2D eigenvalue weighted by Gasteiger charge is -2.29. The van der Waals surface area contributed by atoms with E-state index < -0.39 is 11.4 Å². The van der Waals surface area contributed by atoms with Crippen molar-refractivity contribution in [3.8, 4) is 0 Å². The van der Waals surface area contributed by atoms with E-state index in [1.807, 2.05) is 0 Å². The number of carboxylic acids is 1. The van der Waals surface area contributed by atoms with Crippen LogP contribution in [-0.2, 0) is 4.79 Å². The summed E-state index contributed by atoms with van der Waals surface area (Å²) in [7, 11) is 0. The first kappa shape index (κ1) is 16.0. The molecule has 1 heterocycles. The minimum absolute atomic E-state index is 0.260. The molecule has 2 unspecified atom stereocenters. The van der Waals surface area contributed by atoms with E-state index in [1.54, 1.807) is 6.92 Å². The number of carbonyl (C=O) groups is 2. The largest absolute Gasteiger partial charge is 0.481 e. The second kappa shape index (κ2) is 7.09. The molecule has 0 aromatic rings. The predicted molar refractivity (Wildman–Crippen MR) is 79.2 cm³/mol. The third-order valence-electron chi connectivity index (χ3n) is 4.68. The van der Waals surface area contributed by atoms with Gasteiger partial charge in [-0.05, 0) is 19.8 Å². The third kappa shape index (κ3) is 4.07. The van der Waals surface area contributed by atoms with E-state index in [4.69, 9.17) is 0 Å². The average Bonchev–Trinajstić information content (AvgIpc) is 2.83. The number of carbonyl (C=O) groups excluding carboxylic acids is 1. The number of urea groups is 1. The fourth-order valence-electron chi connectivity index (χ4n) is 3.13. The van der Waals surface area contributed by atoms with Crippen LogP contribution in [-0.4, -0.2) is 67.3 Å². The van der Waals surface area contributed by atoms with Crippen molar-refractivity contribution in [2.75, 3.05) is 39.3 Å². The third-order valence-corrected chi connectivity index (χ3v) is 4.68. The lowest BCUT2D eigenvalue weighted by atomic mass is 9.85. The van der Waals surface area contributed by atoms with Crippen LogP contribution in [0, 0.1) is 5.41 Å². The molecule has 0 aromatic heterocycles. The smallest absolute Gasteiger partial charge is 0.315 e. The van der Waals surface area contributed by atoms with E-state index in [1.165, 1.54) is 0 Å². The summed E-state index contributed by atoms with van der Waals surface area (Å²) < 4.78 is 0. The Morgan fingerprint density at radius 2 is 2.10 bits per heavy atom. The van der Waals surface area contributed by atoms with E-state index in [-0.39, 0.29) is 12.1 Å². The van der Waals surface area contributed by atoms with Crippen LogP contribution in [0.25, 0.3) is 0 Å². The van der Waals surface area contributed by atoms with Gasteiger partial charge in [-0.15, -0.1) is 0 Å². The van der Waals surface area contributed by atoms with Gasteiger partial charge in [0.2, 0.25) is 0 Å². The number of hydrogen-bond donors (Lipinski definition) is 4. The maximum absolute atomic E-state index is 11.9. The van der Waals surface area contributed by atoms with Gasteiger partial charge in [-0.1, -0.05) is 6.42 Å². The number of hydrogen-bond acceptors (Lipinski definition) is 4. The molecule has 0 bridgehead atoms. The molecule has 4 N–H and O–H groups in total. The molecule has 7 nitrogen and oxygen atoms in total. The molecule has 2 amide bonds. The summed E-state index contributed by atoms with van der Waals surface area (Å²) in [5, 5.41) is 18.3. The monoisotopic (exact) mass is 298 g/mol. The van der Waals surface area contributed by atoms with Crippen molar-refractivity contribution in [3.63, 3.8) is 0 Å². The second-order valence-electron chi connectivity index (χ2n) is 6.16. The van der Waals surface area contributed by atoms with Crippen molar-refractivity contribution >= 4 is 12.0 Å². The Balaban J connectivity index is 1.70. The summed E-state index contributed by atoms with van der Waals surface area (Å²) >= 11 is 0. The van der Waals surface area contributed by atoms with Crippen LogP contribution >= 0.6 is 0 Å². The Morgan fingerprint density at radius 1 is 1.38 bits per heavy atom. The SMILES string of the molecule is CC1(C(=O)O)CCCC1NC(=O)NCCN1CCNCC1. The fourth-order valence-corrected chi connectivity index (χ4v) is 3.13. The van der Waals surface area contributed by atoms with Gasteiger partial charge in [-0.3, -0.25) is 9.69 Å². The molecule has 0 radical (unpaired) electrons. The number of nitrogens with zero attached hydrogens (tertiary/aromatic N) is 1. The summed E-state index contributed by atoms with van der Waals surface area (Å²) in [6, 6.07) is -0.543. The number of amides is 2. The van der Waals surface area contributed by atoms with Gasteiger partial charge in [0.25, 0.3) is 0 Å². The molecule has 2 atom stereocenters. The lowest BCUT2D eigenvalue weighted by molar-refractivity contribution is -0.148. The van der Waals surface area contributed by atoms with Gasteiger partial charge in [0.05, 0.1) is 5.41 Å². The maximum Gasteiger partial charge on any atom is 0.315 e. The zero-order chi connectivity index (χ0) is 15.3. The molecule has 0 aromatic carbocycles. The van der Waals surface area contributed by atoms with E-state index in [2.05, 4.69) is 20.9 Å². The number of nitrogens with one attached hydrogen (secondary N) is 3. The summed E-state index contributed by atoms with van der Waals surface area (Å²) in [4.78, 5) is 25.6. The molecule has 1 aliphatic heterocycles. The van der Waals surface area contributed by atoms with Crippen molar-refractivity contribution in [3.05, 3.63) is 0 Å². The van der Waals surface area contributed by atoms with Crippen LogP contribution in [0.2, 0.25) is 0 Å². The van der Waals surface area contributed by atoms with Crippen LogP contribution in [0.15, 0.2) is 0 Å². The Morgan fingerprint density at radius 3 is 2.76 bits per heavy atom. The highest BCUT2D eigenvalue weighted by Crippen LogP contribution is 2.38. The molecular formula is C14H26N4O3. The minimum Gasteiger partial charge on any atom is -0.481 e. The number of piperazine rings is 1. The predicted octanol–water partition coefficient (Wildman–Crippen LogP) is -0.166. The quantitative estimate of drug-likeness (QED) is 0.566. The first-order valence-corrected chi connectivity index (χ1v) is 7.73. The van der Waals surface area contributed by atoms with E-state index in [0.29, 0.717) is 13.0 Å². The van der Waals surface area contributed by atoms with Gasteiger partial charge in [0.1, 0.15) is 0 Å². The first-order valence-electron chi connectivity index (χ1n) is 7.73. The Hall–Kier alpha value is -1.34. The number of rotatable bonds is 5. The lowest BCUT2D eigenvalue weighted by Crippen LogP contribution is -2.52. The number of aliphatic carboxylic acids is 1. The normalized spacial score (nSPS) is 30.0. The molecule has 21 heavy (non-hydrogen) atoms. The van der Waals surface area contributed by atoms with Crippen LogP contribution in [0.1, 0.15) is 26.2 Å². The van der Waals surface area contributed by atoms with E-state index in [0.717, 1.165) is 45.6 Å².